The number of carbonyl (C=O) groups is 2. The number of likely N-dealkylation sites (tertiary alicyclic amines) is 2. The minimum absolute atomic E-state index is 0.0332. The van der Waals surface area contributed by atoms with E-state index in [4.69, 9.17) is 42.1 Å². The van der Waals surface area contributed by atoms with Crippen molar-refractivity contribution in [1.82, 2.24) is 49.0 Å². The maximum Gasteiger partial charge on any atom is 0.277 e. The standard InChI is InChI=1S/C49H56ClN7O8S.C48H54ClN7O7S/c1-48(2)12-10-35(42(27-48)33-4-6-36(50)7-5-33)30-55-18-20-56(21-19-55)37-8-9-40(45(24-37)65-38-23-34-11-15-51-46(34)52-28-38)47(58)53-66(62,63)39-25-43(57(60)61)41-22-32(31-64-44(41)26-39)29-54-16-13-49(3,59)14-17-54;1-48(2)14-12-35(42(27-48)33-6-8-36(49)9-7-33)30-54-18-20-55(21-19-54)37-10-11-40(45(24-37)63-38-23-34-13-15-50-46(34)51-28-38)47(57)52-64(60,61)39-25-43(56(58)59)41-22-32(31-62-44(41)26-39)29-53-16-4-3-5-17-53/h4-9,11,15,23-26,28,32,59H,10,12-14,16-22,27,29-31H2,1-3H3,(H,51,52)(H,53,58);6-11,13,15,23-26,28,32H,3-5,12,14,16-22,27,29-31H2,1-2H3,(H,50,51)(H,52,57)/t2*32-/m00/s1. The van der Waals surface area contributed by atoms with Gasteiger partial charge >= 0.3 is 0 Å². The molecule has 33 heteroatoms. The summed E-state index contributed by atoms with van der Waals surface area (Å²) in [6.45, 7) is 24.4. The largest absolute Gasteiger partial charge is 0.493 e. The fourth-order valence-electron chi connectivity index (χ4n) is 19.4. The molecule has 684 valence electrons. The Kier molecular flexibility index (Phi) is 26.6. The van der Waals surface area contributed by atoms with Crippen molar-refractivity contribution in [2.45, 2.75) is 133 Å². The van der Waals surface area contributed by atoms with Gasteiger partial charge in [-0.3, -0.25) is 39.6 Å². The van der Waals surface area contributed by atoms with Gasteiger partial charge in [0.15, 0.2) is 0 Å². The van der Waals surface area contributed by atoms with Crippen molar-refractivity contribution >= 4 is 111 Å². The molecule has 2 atom stereocenters. The average Bonchev–Trinajstić information content (AvgIpc) is 0.932. The van der Waals surface area contributed by atoms with Gasteiger partial charge in [0.1, 0.15) is 45.8 Å². The molecule has 6 aromatic carbocycles. The number of sulfonamides is 2. The molecule has 4 aromatic heterocycles. The molecule has 29 nitrogen and oxygen atoms in total. The summed E-state index contributed by atoms with van der Waals surface area (Å²) in [6, 6.07) is 38.3. The van der Waals surface area contributed by atoms with E-state index >= 15 is 0 Å². The number of aliphatic hydroxyl groups is 1. The molecule has 0 spiro atoms. The maximum atomic E-state index is 14.1. The zero-order chi connectivity index (χ0) is 91.0. The number of rotatable bonds is 24. The number of nitro benzene ring substituents is 2. The minimum atomic E-state index is -4.65. The number of benzene rings is 6. The molecule has 10 heterocycles. The predicted octanol–water partition coefficient (Wildman–Crippen LogP) is 17.1. The Morgan fingerprint density at radius 3 is 1.33 bits per heavy atom. The number of piperazine rings is 2. The fraction of sp³-hybridized carbons (Fsp3) is 0.423. The topological polar surface area (TPSA) is 347 Å². The number of pyridine rings is 2. The number of allylic oxidation sites excluding steroid dienone is 2. The number of piperidine rings is 2. The van der Waals surface area contributed by atoms with Crippen molar-refractivity contribution in [3.8, 4) is 34.5 Å². The van der Waals surface area contributed by atoms with E-state index < -0.39 is 62.8 Å². The third-order valence-corrected chi connectivity index (χ3v) is 29.9. The van der Waals surface area contributed by atoms with Crippen molar-refractivity contribution in [1.29, 1.82) is 0 Å². The molecule has 2 amide bonds. The van der Waals surface area contributed by atoms with E-state index in [9.17, 15) is 51.8 Å². The molecule has 18 rings (SSSR count). The van der Waals surface area contributed by atoms with Gasteiger partial charge in [-0.15, -0.1) is 0 Å². The summed E-state index contributed by atoms with van der Waals surface area (Å²) < 4.78 is 84.8. The van der Waals surface area contributed by atoms with Crippen molar-refractivity contribution in [2.24, 2.45) is 22.7 Å². The summed E-state index contributed by atoms with van der Waals surface area (Å²) >= 11 is 12.5. The first-order valence-corrected chi connectivity index (χ1v) is 48.5. The van der Waals surface area contributed by atoms with E-state index in [1.165, 1.54) is 64.4 Å². The number of anilines is 2. The number of ether oxygens (including phenoxy) is 4. The van der Waals surface area contributed by atoms with Gasteiger partial charge in [0.25, 0.3) is 43.2 Å². The average molecular weight is 1850 g/mol. The fourth-order valence-corrected chi connectivity index (χ4v) is 21.6. The van der Waals surface area contributed by atoms with Crippen molar-refractivity contribution in [3.05, 3.63) is 233 Å². The number of aromatic nitrogens is 4. The van der Waals surface area contributed by atoms with Crippen molar-refractivity contribution < 1.29 is 60.3 Å². The Labute approximate surface area is 766 Å². The van der Waals surface area contributed by atoms with Gasteiger partial charge in [-0.05, 0) is 203 Å². The third kappa shape index (κ3) is 21.4. The first-order chi connectivity index (χ1) is 62.2. The third-order valence-electron chi connectivity index (χ3n) is 26.8. The van der Waals surface area contributed by atoms with Crippen LogP contribution < -0.4 is 38.2 Å². The number of carbonyl (C=O) groups excluding carboxylic acids is 2. The second kappa shape index (κ2) is 38.1. The molecular formula is C97H110Cl2N14O15S2. The number of aromatic amines is 2. The molecule has 2 aliphatic carbocycles. The molecule has 5 N–H and O–H groups in total. The van der Waals surface area contributed by atoms with Crippen LogP contribution in [-0.2, 0) is 32.9 Å². The summed E-state index contributed by atoms with van der Waals surface area (Å²) in [5.41, 5.74) is 10.7. The number of hydrogen-bond acceptors (Lipinski definition) is 23. The summed E-state index contributed by atoms with van der Waals surface area (Å²) in [7, 11) is -9.26. The van der Waals surface area contributed by atoms with E-state index in [-0.39, 0.29) is 69.1 Å². The van der Waals surface area contributed by atoms with Gasteiger partial charge in [-0.25, -0.2) is 36.2 Å². The maximum absolute atomic E-state index is 14.1. The highest BCUT2D eigenvalue weighted by Crippen LogP contribution is 2.48. The lowest BCUT2D eigenvalue weighted by atomic mass is 9.72. The molecule has 10 aromatic rings. The smallest absolute Gasteiger partial charge is 0.277 e. The van der Waals surface area contributed by atoms with Crippen LogP contribution >= 0.6 is 23.2 Å². The van der Waals surface area contributed by atoms with Crippen LogP contribution in [0.5, 0.6) is 34.5 Å². The number of nitrogens with one attached hydrogen (secondary N) is 4. The number of amides is 2. The Hall–Kier alpha value is -11.0. The molecule has 0 radical (unpaired) electrons. The zero-order valence-electron chi connectivity index (χ0n) is 73.8. The predicted molar refractivity (Wildman–Crippen MR) is 502 cm³/mol. The lowest BCUT2D eigenvalue weighted by molar-refractivity contribution is -0.386. The van der Waals surface area contributed by atoms with Crippen molar-refractivity contribution in [2.75, 3.05) is 128 Å². The number of halogens is 2. The summed E-state index contributed by atoms with van der Waals surface area (Å²) in [4.78, 5) is 79.8. The molecule has 4 saturated heterocycles. The SMILES string of the molecule is CC1(C)CCC(CN2CCN(c3ccc(C(=O)NS(=O)(=O)c4cc5c(c([N+](=O)[O-])c4)C[C@@H](CN4CCC(C)(O)CC4)CO5)c(Oc4cnc5[nH]ccc5c4)c3)CC2)=C(c2ccc(Cl)cc2)C1.CC1(C)CCC(CN2CCN(c3ccc(C(=O)NS(=O)(=O)c4cc5c(c([N+](=O)[O-])c4)C[C@@H](CN4CCCCC4)CO5)c(Oc4cnc5[nH]ccc5c4)c3)CC2)=C(c2ccc(Cl)cc2)C1. The minimum Gasteiger partial charge on any atom is -0.493 e. The number of hydrogen-bond donors (Lipinski definition) is 5. The lowest BCUT2D eigenvalue weighted by Crippen LogP contribution is -2.47. The lowest BCUT2D eigenvalue weighted by Gasteiger charge is -2.39. The van der Waals surface area contributed by atoms with Crippen LogP contribution in [0, 0.1) is 42.9 Å². The van der Waals surface area contributed by atoms with Gasteiger partial charge in [0.2, 0.25) is 0 Å². The van der Waals surface area contributed by atoms with Gasteiger partial charge in [0.05, 0.1) is 73.1 Å². The van der Waals surface area contributed by atoms with Gasteiger partial charge in [-0.2, -0.15) is 0 Å². The number of H-pyrrole nitrogens is 2. The Morgan fingerprint density at radius 2 is 0.923 bits per heavy atom. The first kappa shape index (κ1) is 90.9. The van der Waals surface area contributed by atoms with E-state index in [2.05, 4.69) is 111 Å². The highest BCUT2D eigenvalue weighted by Gasteiger charge is 2.39. The summed E-state index contributed by atoms with van der Waals surface area (Å²) in [5.74, 6) is -0.786. The Balaban J connectivity index is 0.000000182. The Bertz CT molecular complexity index is 6250. The number of nitro groups is 2. The van der Waals surface area contributed by atoms with Crippen LogP contribution in [0.1, 0.15) is 148 Å². The van der Waals surface area contributed by atoms with E-state index in [1.807, 2.05) is 43.3 Å². The van der Waals surface area contributed by atoms with Gasteiger partial charge in [-0.1, -0.05) is 92.7 Å². The molecule has 8 aliphatic rings. The summed E-state index contributed by atoms with van der Waals surface area (Å²) in [5, 5.41) is 38.2. The molecule has 0 unspecified atom stereocenters. The number of nitrogens with zero attached hydrogens (tertiary/aromatic N) is 10. The van der Waals surface area contributed by atoms with Crippen molar-refractivity contribution in [3.63, 3.8) is 0 Å². The molecule has 0 saturated carbocycles. The van der Waals surface area contributed by atoms with Crippen LogP contribution in [0.25, 0.3) is 33.2 Å². The van der Waals surface area contributed by atoms with Crippen LogP contribution in [-0.4, -0.2) is 207 Å². The Morgan fingerprint density at radius 1 is 0.515 bits per heavy atom. The van der Waals surface area contributed by atoms with E-state index in [1.54, 1.807) is 60.9 Å². The molecule has 4 fully saturated rings. The monoisotopic (exact) mass is 1840 g/mol. The van der Waals surface area contributed by atoms with Crippen LogP contribution in [0.2, 0.25) is 10.0 Å². The molecule has 0 bridgehead atoms. The molecular weight excluding hydrogens is 1740 g/mol. The summed E-state index contributed by atoms with van der Waals surface area (Å²) in [6.07, 6.45) is 18.4. The normalized spacial score (nSPS) is 19.8. The zero-order valence-corrected chi connectivity index (χ0v) is 76.9. The second-order valence-corrected chi connectivity index (χ2v) is 42.0. The van der Waals surface area contributed by atoms with Crippen LogP contribution in [0.3, 0.4) is 0 Å². The van der Waals surface area contributed by atoms with Crippen LogP contribution in [0.4, 0.5) is 22.7 Å². The molecule has 6 aliphatic heterocycles. The van der Waals surface area contributed by atoms with E-state index in [0.29, 0.717) is 98.9 Å². The van der Waals surface area contributed by atoms with Gasteiger partial charge < -0.3 is 53.6 Å². The van der Waals surface area contributed by atoms with Gasteiger partial charge in [0, 0.05) is 184 Å². The van der Waals surface area contributed by atoms with E-state index in [0.717, 1.165) is 168 Å². The van der Waals surface area contributed by atoms with Crippen LogP contribution in [0.15, 0.2) is 179 Å². The first-order valence-electron chi connectivity index (χ1n) is 44.8. The second-order valence-electron chi connectivity index (χ2n) is 37.8. The highest BCUT2D eigenvalue weighted by atomic mass is 35.5. The quantitative estimate of drug-likeness (QED) is 0.0277. The number of fused-ring (bicyclic) bond motifs is 4. The molecule has 130 heavy (non-hydrogen) atoms. The highest BCUT2D eigenvalue weighted by molar-refractivity contribution is 7.90.